The van der Waals surface area contributed by atoms with Crippen LogP contribution in [0.1, 0.15) is 93.1 Å². The van der Waals surface area contributed by atoms with Crippen LogP contribution in [-0.4, -0.2) is 94.1 Å². The molecular weight excluding hydrogens is 787 g/mol. The normalized spacial score (nSPS) is 31.0. The lowest BCUT2D eigenvalue weighted by Gasteiger charge is -2.66. The Balaban J connectivity index is 1.37. The van der Waals surface area contributed by atoms with Crippen LogP contribution in [0.2, 0.25) is 0 Å². The lowest BCUT2D eigenvalue weighted by molar-refractivity contribution is -0.332. The first kappa shape index (κ1) is 43.4. The van der Waals surface area contributed by atoms with Crippen molar-refractivity contribution in [3.8, 4) is 0 Å². The van der Waals surface area contributed by atoms with E-state index in [0.29, 0.717) is 5.56 Å². The van der Waals surface area contributed by atoms with Crippen LogP contribution in [-0.2, 0) is 42.9 Å². The molecule has 1 aliphatic heterocycles. The summed E-state index contributed by atoms with van der Waals surface area (Å²) >= 11 is 0. The molecule has 7 rings (SSSR count). The van der Waals surface area contributed by atoms with Crippen molar-refractivity contribution in [2.75, 3.05) is 6.61 Å². The second-order valence-electron chi connectivity index (χ2n) is 17.3. The Hall–Kier alpha value is -5.70. The monoisotopic (exact) mass is 837 g/mol. The molecule has 0 unspecified atom stereocenters. The standard InChI is InChI=1S/C47H51NO13/c1-26-32(59-43(55)36(51)35(29-16-10-7-11-17-29)48-41(53)30-18-12-8-13-19-30)24-47(56)40(60-42(54)31-20-14-9-15-21-31)38-45(6,23-22-33-46(38,25-57-33)61-28(3)50)39(52)37(58-27(2)49)34(26)44(47,4)5/h7-21,32-33,35-38,40,51,56H,22-25H2,1-6H3,(H,48,53)/t32-,33+,35-,36+,37+,38-,40-,45+,46-,47+/m0/s1. The van der Waals surface area contributed by atoms with E-state index in [9.17, 15) is 34.2 Å². The summed E-state index contributed by atoms with van der Waals surface area (Å²) in [5.41, 5.74) is -5.83. The number of rotatable bonds is 10. The molecule has 0 radical (unpaired) electrons. The Morgan fingerprint density at radius 3 is 1.97 bits per heavy atom. The van der Waals surface area contributed by atoms with Gasteiger partial charge in [-0.25, -0.2) is 9.59 Å². The molecule has 10 atom stereocenters. The molecule has 2 bridgehead atoms. The molecule has 1 heterocycles. The lowest BCUT2D eigenvalue weighted by atomic mass is 9.45. The van der Waals surface area contributed by atoms with E-state index < -0.39 is 107 Å². The molecule has 14 nitrogen and oxygen atoms in total. The van der Waals surface area contributed by atoms with Gasteiger partial charge in [-0.05, 0) is 60.7 Å². The number of benzene rings is 3. The number of Topliss-reactive ketones (excluding diaryl/α,β-unsaturated/α-hetero) is 1. The van der Waals surface area contributed by atoms with Gasteiger partial charge >= 0.3 is 23.9 Å². The summed E-state index contributed by atoms with van der Waals surface area (Å²) in [5, 5.41) is 28.2. The number of aliphatic hydroxyl groups is 2. The predicted molar refractivity (Wildman–Crippen MR) is 216 cm³/mol. The zero-order valence-corrected chi connectivity index (χ0v) is 34.9. The summed E-state index contributed by atoms with van der Waals surface area (Å²) in [7, 11) is 0. The number of amides is 1. The second kappa shape index (κ2) is 16.3. The maximum absolute atomic E-state index is 15.4. The quantitative estimate of drug-likeness (QED) is 0.144. The van der Waals surface area contributed by atoms with Crippen molar-refractivity contribution < 1.29 is 62.7 Å². The van der Waals surface area contributed by atoms with E-state index >= 15 is 4.79 Å². The van der Waals surface area contributed by atoms with Crippen LogP contribution in [0.3, 0.4) is 0 Å². The SMILES string of the molecule is CC(=O)O[C@H]1C(=O)[C@]2(C)CC[C@H]3OC[C@@]3(OC(C)=O)[C@H]2[C@H](OC(=O)c2ccccc2)[C@]2(O)C[C@H](OC(=O)[C@H](O)[C@@H](NC(=O)c3ccccc3)c3ccccc3)C(C)=C1C2(C)C. The Morgan fingerprint density at radius 2 is 1.41 bits per heavy atom. The number of aliphatic hydroxyl groups excluding tert-OH is 1. The number of carbonyl (C=O) groups excluding carboxylic acids is 6. The first-order chi connectivity index (χ1) is 28.9. The van der Waals surface area contributed by atoms with Crippen molar-refractivity contribution in [2.24, 2.45) is 16.7 Å². The van der Waals surface area contributed by atoms with Gasteiger partial charge in [0.05, 0.1) is 24.1 Å². The number of nitrogens with one attached hydrogen (secondary N) is 1. The summed E-state index contributed by atoms with van der Waals surface area (Å²) in [6.45, 7) is 8.62. The van der Waals surface area contributed by atoms with Crippen molar-refractivity contribution in [3.63, 3.8) is 0 Å². The summed E-state index contributed by atoms with van der Waals surface area (Å²) < 4.78 is 30.6. The molecule has 0 aromatic heterocycles. The average molecular weight is 838 g/mol. The predicted octanol–water partition coefficient (Wildman–Crippen LogP) is 4.76. The number of fused-ring (bicyclic) bond motifs is 5. The van der Waals surface area contributed by atoms with E-state index in [0.717, 1.165) is 6.92 Å². The molecule has 1 amide bonds. The number of ether oxygens (including phenoxy) is 5. The summed E-state index contributed by atoms with van der Waals surface area (Å²) in [5.74, 6) is -6.00. The minimum Gasteiger partial charge on any atom is -0.456 e. The highest BCUT2D eigenvalue weighted by atomic mass is 16.6. The van der Waals surface area contributed by atoms with Gasteiger partial charge < -0.3 is 39.2 Å². The molecule has 61 heavy (non-hydrogen) atoms. The molecule has 3 aromatic rings. The summed E-state index contributed by atoms with van der Waals surface area (Å²) in [6, 6.07) is 23.3. The van der Waals surface area contributed by atoms with E-state index in [-0.39, 0.29) is 41.7 Å². The van der Waals surface area contributed by atoms with Crippen LogP contribution in [0.15, 0.2) is 102 Å². The van der Waals surface area contributed by atoms with E-state index in [1.807, 2.05) is 0 Å². The number of hydrogen-bond acceptors (Lipinski definition) is 13. The highest BCUT2D eigenvalue weighted by Crippen LogP contribution is 2.64. The van der Waals surface area contributed by atoms with Gasteiger partial charge in [-0.3, -0.25) is 19.2 Å². The van der Waals surface area contributed by atoms with Gasteiger partial charge in [0.1, 0.15) is 23.9 Å². The minimum atomic E-state index is -2.27. The van der Waals surface area contributed by atoms with Crippen LogP contribution in [0.4, 0.5) is 0 Å². The topological polar surface area (TPSA) is 201 Å². The zero-order chi connectivity index (χ0) is 44.1. The summed E-state index contributed by atoms with van der Waals surface area (Å²) in [4.78, 5) is 83.3. The van der Waals surface area contributed by atoms with Crippen molar-refractivity contribution in [1.29, 1.82) is 0 Å². The summed E-state index contributed by atoms with van der Waals surface area (Å²) in [6.07, 6.45) is -7.55. The van der Waals surface area contributed by atoms with Gasteiger partial charge in [0.2, 0.25) is 0 Å². The second-order valence-corrected chi connectivity index (χ2v) is 17.3. The molecule has 4 aliphatic rings. The lowest BCUT2D eigenvalue weighted by Crippen LogP contribution is -2.79. The smallest absolute Gasteiger partial charge is 0.338 e. The first-order valence-corrected chi connectivity index (χ1v) is 20.4. The fraction of sp³-hybridized carbons (Fsp3) is 0.447. The van der Waals surface area contributed by atoms with Crippen LogP contribution in [0.5, 0.6) is 0 Å². The first-order valence-electron chi connectivity index (χ1n) is 20.4. The van der Waals surface area contributed by atoms with Crippen LogP contribution in [0.25, 0.3) is 0 Å². The van der Waals surface area contributed by atoms with Crippen molar-refractivity contribution in [2.45, 2.75) is 109 Å². The van der Waals surface area contributed by atoms with Gasteiger partial charge in [0.15, 0.2) is 23.6 Å². The van der Waals surface area contributed by atoms with E-state index in [1.54, 1.807) is 107 Å². The Morgan fingerprint density at radius 1 is 0.820 bits per heavy atom. The molecule has 322 valence electrons. The molecule has 14 heteroatoms. The Kier molecular flexibility index (Phi) is 11.6. The molecule has 3 N–H and O–H groups in total. The number of hydrogen-bond donors (Lipinski definition) is 3. The van der Waals surface area contributed by atoms with Crippen LogP contribution in [0, 0.1) is 16.7 Å². The van der Waals surface area contributed by atoms with Gasteiger partial charge in [-0.1, -0.05) is 87.5 Å². The average Bonchev–Trinajstić information content (AvgIpc) is 3.22. The fourth-order valence-corrected chi connectivity index (χ4v) is 10.2. The third kappa shape index (κ3) is 7.44. The Bertz CT molecular complexity index is 2240. The molecular formula is C47H51NO13. The molecule has 3 fully saturated rings. The number of ketones is 1. The molecule has 0 spiro atoms. The largest absolute Gasteiger partial charge is 0.456 e. The van der Waals surface area contributed by atoms with E-state index in [4.69, 9.17) is 23.7 Å². The highest BCUT2D eigenvalue weighted by molar-refractivity contribution is 5.96. The van der Waals surface area contributed by atoms with E-state index in [1.165, 1.54) is 19.1 Å². The Labute approximate surface area is 353 Å². The van der Waals surface area contributed by atoms with Gasteiger partial charge in [-0.15, -0.1) is 0 Å². The maximum atomic E-state index is 15.4. The van der Waals surface area contributed by atoms with Gasteiger partial charge in [-0.2, -0.15) is 0 Å². The molecule has 1 saturated heterocycles. The maximum Gasteiger partial charge on any atom is 0.338 e. The number of esters is 4. The minimum absolute atomic E-state index is 0.111. The highest BCUT2D eigenvalue weighted by Gasteiger charge is 2.76. The third-order valence-electron chi connectivity index (χ3n) is 13.3. The van der Waals surface area contributed by atoms with Crippen molar-refractivity contribution in [3.05, 3.63) is 119 Å². The molecule has 2 saturated carbocycles. The molecule has 3 aromatic carbocycles. The van der Waals surface area contributed by atoms with Gasteiger partial charge in [0.25, 0.3) is 5.91 Å². The van der Waals surface area contributed by atoms with Crippen molar-refractivity contribution >= 4 is 35.6 Å². The zero-order valence-electron chi connectivity index (χ0n) is 34.9. The van der Waals surface area contributed by atoms with Crippen molar-refractivity contribution in [1.82, 2.24) is 5.32 Å². The number of carbonyl (C=O) groups is 6. The fourth-order valence-electron chi connectivity index (χ4n) is 10.2. The van der Waals surface area contributed by atoms with Crippen LogP contribution >= 0.6 is 0 Å². The van der Waals surface area contributed by atoms with E-state index in [2.05, 4.69) is 5.32 Å². The van der Waals surface area contributed by atoms with Gasteiger partial charge in [0, 0.05) is 36.7 Å². The van der Waals surface area contributed by atoms with Crippen LogP contribution < -0.4 is 5.32 Å². The molecule has 3 aliphatic carbocycles. The third-order valence-corrected chi connectivity index (χ3v) is 13.3.